The normalized spacial score (nSPS) is 16.8. The van der Waals surface area contributed by atoms with Gasteiger partial charge in [-0.05, 0) is 66.3 Å². The Hall–Kier alpha value is -2.61. The Kier molecular flexibility index (Phi) is 5.36. The van der Waals surface area contributed by atoms with E-state index in [1.165, 1.54) is 44.8 Å². The molecule has 1 unspecified atom stereocenters. The van der Waals surface area contributed by atoms with Gasteiger partial charge in [0.25, 0.3) is 0 Å². The molecule has 140 valence electrons. The predicted molar refractivity (Wildman–Crippen MR) is 119 cm³/mol. The summed E-state index contributed by atoms with van der Waals surface area (Å²) in [6.07, 6.45) is 12.2. The fourth-order valence-electron chi connectivity index (χ4n) is 3.92. The van der Waals surface area contributed by atoms with Gasteiger partial charge in [0, 0.05) is 37.9 Å². The van der Waals surface area contributed by atoms with Gasteiger partial charge in [0.15, 0.2) is 5.71 Å². The molecule has 0 saturated heterocycles. The maximum Gasteiger partial charge on any atom is 0.199 e. The SMILES string of the molecule is C=C(C)C(/C=C\C)C1=C2C=CC(=[N+](C)C)C=C2Cc2cc(N(C)C)ccc21. The van der Waals surface area contributed by atoms with Gasteiger partial charge in [-0.3, -0.25) is 0 Å². The number of hydrogen-bond donors (Lipinski definition) is 0. The van der Waals surface area contributed by atoms with Crippen molar-refractivity contribution >= 4 is 17.0 Å². The molecule has 2 aliphatic carbocycles. The molecule has 0 heterocycles. The molecule has 0 spiro atoms. The maximum atomic E-state index is 4.30. The molecule has 0 bridgehead atoms. The van der Waals surface area contributed by atoms with Gasteiger partial charge in [0.05, 0.1) is 0 Å². The zero-order valence-electron chi connectivity index (χ0n) is 17.5. The van der Waals surface area contributed by atoms with E-state index in [0.717, 1.165) is 6.42 Å². The highest BCUT2D eigenvalue weighted by Crippen LogP contribution is 2.44. The fourth-order valence-corrected chi connectivity index (χ4v) is 3.92. The summed E-state index contributed by atoms with van der Waals surface area (Å²) in [5.41, 5.74) is 10.6. The summed E-state index contributed by atoms with van der Waals surface area (Å²) in [5, 5.41) is 0. The van der Waals surface area contributed by atoms with E-state index in [9.17, 15) is 0 Å². The van der Waals surface area contributed by atoms with Crippen molar-refractivity contribution in [3.63, 3.8) is 0 Å². The smallest absolute Gasteiger partial charge is 0.199 e. The number of anilines is 1. The van der Waals surface area contributed by atoms with E-state index in [4.69, 9.17) is 0 Å². The first-order valence-corrected chi connectivity index (χ1v) is 9.59. The molecule has 0 fully saturated rings. The zero-order chi connectivity index (χ0) is 19.7. The van der Waals surface area contributed by atoms with Crippen LogP contribution in [0.2, 0.25) is 0 Å². The van der Waals surface area contributed by atoms with Crippen molar-refractivity contribution in [2.75, 3.05) is 33.1 Å². The highest BCUT2D eigenvalue weighted by Gasteiger charge is 2.29. The van der Waals surface area contributed by atoms with Crippen molar-refractivity contribution < 1.29 is 4.58 Å². The first-order valence-electron chi connectivity index (χ1n) is 9.59. The van der Waals surface area contributed by atoms with Crippen LogP contribution in [0.4, 0.5) is 5.69 Å². The molecular weight excluding hydrogens is 328 g/mol. The molecule has 1 aromatic carbocycles. The van der Waals surface area contributed by atoms with Crippen molar-refractivity contribution in [3.05, 3.63) is 83.0 Å². The van der Waals surface area contributed by atoms with Gasteiger partial charge < -0.3 is 4.90 Å². The van der Waals surface area contributed by atoms with Gasteiger partial charge in [-0.2, -0.15) is 0 Å². The average molecular weight is 360 g/mol. The molecule has 0 radical (unpaired) electrons. The Morgan fingerprint density at radius 1 is 1.22 bits per heavy atom. The van der Waals surface area contributed by atoms with E-state index in [1.807, 2.05) is 0 Å². The monoisotopic (exact) mass is 359 g/mol. The van der Waals surface area contributed by atoms with Crippen LogP contribution in [0.1, 0.15) is 25.0 Å². The number of allylic oxidation sites excluding steroid dienone is 9. The van der Waals surface area contributed by atoms with E-state index in [-0.39, 0.29) is 5.92 Å². The summed E-state index contributed by atoms with van der Waals surface area (Å²) in [6.45, 7) is 8.52. The number of benzene rings is 1. The average Bonchev–Trinajstić information content (AvgIpc) is 2.63. The van der Waals surface area contributed by atoms with Gasteiger partial charge in [0.2, 0.25) is 0 Å². The standard InChI is InChI=1S/C25H31N2/c1-8-9-22(17(2)3)25-23-12-10-20(26(4)5)15-18(23)14-19-16-21(27(6)7)11-13-24(19)25/h8-13,15-16,22H,2,14H2,1,3-7H3/q+1/b9-8-. The van der Waals surface area contributed by atoms with Gasteiger partial charge in [-0.25, -0.2) is 4.58 Å². The first kappa shape index (κ1) is 19.2. The Balaban J connectivity index is 2.29. The first-order chi connectivity index (χ1) is 12.8. The Bertz CT molecular complexity index is 929. The minimum absolute atomic E-state index is 0.225. The molecule has 3 rings (SSSR count). The quantitative estimate of drug-likeness (QED) is 0.539. The molecule has 0 aliphatic heterocycles. The summed E-state index contributed by atoms with van der Waals surface area (Å²) in [4.78, 5) is 2.17. The van der Waals surface area contributed by atoms with Crippen LogP contribution in [0.3, 0.4) is 0 Å². The van der Waals surface area contributed by atoms with E-state index in [0.29, 0.717) is 0 Å². The third-order valence-corrected chi connectivity index (χ3v) is 5.40. The number of rotatable bonds is 4. The van der Waals surface area contributed by atoms with Crippen LogP contribution in [-0.4, -0.2) is 38.5 Å². The van der Waals surface area contributed by atoms with E-state index < -0.39 is 0 Å². The lowest BCUT2D eigenvalue weighted by atomic mass is 9.73. The summed E-state index contributed by atoms with van der Waals surface area (Å²) in [6, 6.07) is 6.86. The summed E-state index contributed by atoms with van der Waals surface area (Å²) in [5.74, 6) is 0.225. The molecule has 27 heavy (non-hydrogen) atoms. The summed E-state index contributed by atoms with van der Waals surface area (Å²) >= 11 is 0. The third kappa shape index (κ3) is 3.62. The molecule has 2 heteroatoms. The lowest BCUT2D eigenvalue weighted by Crippen LogP contribution is -2.19. The molecule has 0 saturated carbocycles. The molecular formula is C25H31N2+. The van der Waals surface area contributed by atoms with Crippen LogP contribution < -0.4 is 4.90 Å². The van der Waals surface area contributed by atoms with Crippen molar-refractivity contribution in [1.82, 2.24) is 0 Å². The topological polar surface area (TPSA) is 6.25 Å². The molecule has 0 N–H and O–H groups in total. The third-order valence-electron chi connectivity index (χ3n) is 5.40. The summed E-state index contributed by atoms with van der Waals surface area (Å²) in [7, 11) is 8.40. The van der Waals surface area contributed by atoms with Crippen molar-refractivity contribution in [2.24, 2.45) is 5.92 Å². The second kappa shape index (κ2) is 7.56. The Labute approximate surface area is 164 Å². The van der Waals surface area contributed by atoms with Crippen LogP contribution in [-0.2, 0) is 6.42 Å². The second-order valence-electron chi connectivity index (χ2n) is 7.91. The van der Waals surface area contributed by atoms with Crippen LogP contribution in [0.15, 0.2) is 71.9 Å². The minimum atomic E-state index is 0.225. The van der Waals surface area contributed by atoms with Gasteiger partial charge >= 0.3 is 0 Å². The van der Waals surface area contributed by atoms with Crippen LogP contribution in [0.25, 0.3) is 5.57 Å². The van der Waals surface area contributed by atoms with Crippen molar-refractivity contribution in [2.45, 2.75) is 20.3 Å². The molecule has 1 atom stereocenters. The molecule has 2 aliphatic rings. The van der Waals surface area contributed by atoms with Crippen LogP contribution >= 0.6 is 0 Å². The lowest BCUT2D eigenvalue weighted by molar-refractivity contribution is -0.462. The molecule has 2 nitrogen and oxygen atoms in total. The molecule has 0 aromatic heterocycles. The highest BCUT2D eigenvalue weighted by molar-refractivity contribution is 6.05. The second-order valence-corrected chi connectivity index (χ2v) is 7.91. The number of nitrogens with zero attached hydrogens (tertiary/aromatic N) is 2. The molecule has 0 amide bonds. The van der Waals surface area contributed by atoms with E-state index >= 15 is 0 Å². The van der Waals surface area contributed by atoms with Crippen molar-refractivity contribution in [1.29, 1.82) is 0 Å². The Morgan fingerprint density at radius 3 is 2.56 bits per heavy atom. The predicted octanol–water partition coefficient (Wildman–Crippen LogP) is 5.04. The lowest BCUT2D eigenvalue weighted by Gasteiger charge is -2.31. The zero-order valence-corrected chi connectivity index (χ0v) is 17.5. The highest BCUT2D eigenvalue weighted by atomic mass is 15.1. The van der Waals surface area contributed by atoms with E-state index in [2.05, 4.69) is 107 Å². The van der Waals surface area contributed by atoms with Gasteiger partial charge in [-0.1, -0.05) is 30.4 Å². The largest absolute Gasteiger partial charge is 0.378 e. The Morgan fingerprint density at radius 2 is 1.96 bits per heavy atom. The summed E-state index contributed by atoms with van der Waals surface area (Å²) < 4.78 is 2.17. The van der Waals surface area contributed by atoms with E-state index in [1.54, 1.807) is 0 Å². The maximum absolute atomic E-state index is 4.30. The van der Waals surface area contributed by atoms with Crippen molar-refractivity contribution in [3.8, 4) is 0 Å². The number of hydrogen-bond acceptors (Lipinski definition) is 1. The van der Waals surface area contributed by atoms with Gasteiger partial charge in [-0.15, -0.1) is 0 Å². The fraction of sp³-hybridized carbons (Fsp3) is 0.320. The minimum Gasteiger partial charge on any atom is -0.378 e. The molecule has 1 aromatic rings. The number of fused-ring (bicyclic) bond motifs is 2. The van der Waals surface area contributed by atoms with Crippen LogP contribution in [0, 0.1) is 5.92 Å². The van der Waals surface area contributed by atoms with Gasteiger partial charge in [0.1, 0.15) is 14.1 Å². The van der Waals surface area contributed by atoms with Crippen LogP contribution in [0.5, 0.6) is 0 Å².